The minimum Gasteiger partial charge on any atom is -0.383 e. The second-order valence-corrected chi connectivity index (χ2v) is 8.22. The second-order valence-electron chi connectivity index (χ2n) is 8.22. The molecule has 7 nitrogen and oxygen atoms in total. The van der Waals surface area contributed by atoms with E-state index in [0.29, 0.717) is 38.6 Å². The van der Waals surface area contributed by atoms with E-state index in [2.05, 4.69) is 33.2 Å². The Morgan fingerprint density at radius 1 is 1.24 bits per heavy atom. The van der Waals surface area contributed by atoms with E-state index in [4.69, 9.17) is 4.74 Å². The number of carbonyl (C=O) groups excluding carboxylic acids is 2. The molecule has 1 aliphatic carbocycles. The van der Waals surface area contributed by atoms with Gasteiger partial charge in [-0.25, -0.2) is 4.98 Å². The Labute approximate surface area is 171 Å². The van der Waals surface area contributed by atoms with Gasteiger partial charge in [0.05, 0.1) is 12.5 Å². The smallest absolute Gasteiger partial charge is 0.225 e. The van der Waals surface area contributed by atoms with Crippen molar-refractivity contribution in [3.05, 3.63) is 30.6 Å². The summed E-state index contributed by atoms with van der Waals surface area (Å²) in [6.07, 6.45) is 9.09. The predicted octanol–water partition coefficient (Wildman–Crippen LogP) is 2.52. The third kappa shape index (κ3) is 4.45. The van der Waals surface area contributed by atoms with Crippen LogP contribution >= 0.6 is 0 Å². The summed E-state index contributed by atoms with van der Waals surface area (Å²) in [4.78, 5) is 31.1. The van der Waals surface area contributed by atoms with E-state index < -0.39 is 0 Å². The van der Waals surface area contributed by atoms with Crippen molar-refractivity contribution in [2.24, 2.45) is 5.92 Å². The van der Waals surface area contributed by atoms with E-state index in [1.165, 1.54) is 5.39 Å². The summed E-state index contributed by atoms with van der Waals surface area (Å²) < 4.78 is 7.36. The summed E-state index contributed by atoms with van der Waals surface area (Å²) in [7, 11) is 1.63. The fourth-order valence-corrected chi connectivity index (χ4v) is 4.64. The first-order valence-corrected chi connectivity index (χ1v) is 10.6. The van der Waals surface area contributed by atoms with Crippen LogP contribution in [0.4, 0.5) is 0 Å². The maximum Gasteiger partial charge on any atom is 0.225 e. The number of nitrogens with zero attached hydrogens (tertiary/aromatic N) is 3. The number of rotatable bonds is 6. The average molecular weight is 399 g/mol. The first-order chi connectivity index (χ1) is 14.2. The molecule has 2 fully saturated rings. The van der Waals surface area contributed by atoms with E-state index in [1.54, 1.807) is 12.0 Å². The summed E-state index contributed by atoms with van der Waals surface area (Å²) in [5.41, 5.74) is 1.04. The quantitative estimate of drug-likeness (QED) is 0.811. The first kappa shape index (κ1) is 19.9. The Morgan fingerprint density at radius 2 is 2.07 bits per heavy atom. The molecule has 1 aliphatic heterocycles. The van der Waals surface area contributed by atoms with Crippen LogP contribution in [0.15, 0.2) is 30.6 Å². The van der Waals surface area contributed by atoms with Gasteiger partial charge in [0.2, 0.25) is 11.8 Å². The number of aromatic nitrogens is 2. The maximum absolute atomic E-state index is 12.8. The van der Waals surface area contributed by atoms with Crippen LogP contribution in [0.5, 0.6) is 0 Å². The number of methoxy groups -OCH3 is 1. The zero-order chi connectivity index (χ0) is 20.2. The number of likely N-dealkylation sites (tertiary alicyclic amines) is 1. The second kappa shape index (κ2) is 8.95. The summed E-state index contributed by atoms with van der Waals surface area (Å²) in [5, 5.41) is 4.42. The number of amides is 2. The number of hydrogen-bond donors (Lipinski definition) is 1. The lowest BCUT2D eigenvalue weighted by molar-refractivity contribution is -0.139. The lowest BCUT2D eigenvalue weighted by Gasteiger charge is -2.34. The van der Waals surface area contributed by atoms with Crippen LogP contribution < -0.4 is 5.32 Å². The molecule has 0 spiro atoms. The lowest BCUT2D eigenvalue weighted by atomic mass is 9.89. The summed E-state index contributed by atoms with van der Waals surface area (Å²) >= 11 is 0. The van der Waals surface area contributed by atoms with Gasteiger partial charge in [0, 0.05) is 56.5 Å². The molecule has 2 amide bonds. The predicted molar refractivity (Wildman–Crippen MR) is 110 cm³/mol. The van der Waals surface area contributed by atoms with Crippen LogP contribution in [-0.2, 0) is 14.3 Å². The number of ether oxygens (including phenoxy) is 1. The molecule has 1 atom stereocenters. The largest absolute Gasteiger partial charge is 0.383 e. The highest BCUT2D eigenvalue weighted by atomic mass is 16.5. The standard InChI is InChI=1S/C22H30N4O3/c1-29-14-13-25-15-17(4-9-20(25)27)22(28)24-18-5-7-19(8-6-18)26-12-10-16-3-2-11-23-21(16)26/h2-3,10-12,17-19H,4-9,13-15H2,1H3,(H,24,28). The van der Waals surface area contributed by atoms with E-state index >= 15 is 0 Å². The van der Waals surface area contributed by atoms with Crippen LogP contribution in [0.1, 0.15) is 44.6 Å². The van der Waals surface area contributed by atoms with Crippen LogP contribution in [0, 0.1) is 5.92 Å². The average Bonchev–Trinajstić information content (AvgIpc) is 3.18. The zero-order valence-corrected chi connectivity index (χ0v) is 17.0. The number of hydrogen-bond acceptors (Lipinski definition) is 4. The Balaban J connectivity index is 1.29. The molecular weight excluding hydrogens is 368 g/mol. The van der Waals surface area contributed by atoms with E-state index in [0.717, 1.165) is 31.3 Å². The molecule has 29 heavy (non-hydrogen) atoms. The molecule has 2 aliphatic rings. The molecule has 2 aromatic rings. The molecule has 3 heterocycles. The lowest BCUT2D eigenvalue weighted by Crippen LogP contribution is -2.49. The highest BCUT2D eigenvalue weighted by Crippen LogP contribution is 2.31. The molecule has 7 heteroatoms. The molecule has 1 N–H and O–H groups in total. The molecule has 2 aromatic heterocycles. The summed E-state index contributed by atoms with van der Waals surface area (Å²) in [6, 6.07) is 6.84. The number of pyridine rings is 1. The van der Waals surface area contributed by atoms with Gasteiger partial charge in [-0.2, -0.15) is 0 Å². The minimum atomic E-state index is -0.111. The van der Waals surface area contributed by atoms with E-state index in [1.807, 2.05) is 12.3 Å². The van der Waals surface area contributed by atoms with Gasteiger partial charge in [-0.3, -0.25) is 9.59 Å². The van der Waals surface area contributed by atoms with Crippen LogP contribution in [0.3, 0.4) is 0 Å². The number of piperidine rings is 1. The minimum absolute atomic E-state index is 0.0939. The Hall–Kier alpha value is -2.41. The van der Waals surface area contributed by atoms with Crippen molar-refractivity contribution in [2.75, 3.05) is 26.8 Å². The maximum atomic E-state index is 12.8. The van der Waals surface area contributed by atoms with E-state index in [-0.39, 0.29) is 23.8 Å². The third-order valence-corrected chi connectivity index (χ3v) is 6.35. The zero-order valence-electron chi connectivity index (χ0n) is 17.0. The van der Waals surface area contributed by atoms with Crippen molar-refractivity contribution in [1.82, 2.24) is 19.8 Å². The van der Waals surface area contributed by atoms with Gasteiger partial charge in [0.1, 0.15) is 5.65 Å². The number of nitrogens with one attached hydrogen (secondary N) is 1. The Morgan fingerprint density at radius 3 is 2.86 bits per heavy atom. The molecular formula is C22H30N4O3. The van der Waals surface area contributed by atoms with E-state index in [9.17, 15) is 9.59 Å². The van der Waals surface area contributed by atoms with Gasteiger partial charge < -0.3 is 19.5 Å². The SMILES string of the molecule is COCCN1CC(C(=O)NC2CCC(n3ccc4cccnc43)CC2)CCC1=O. The van der Waals surface area contributed by atoms with Gasteiger partial charge in [-0.15, -0.1) is 0 Å². The Kier molecular flexibility index (Phi) is 6.13. The van der Waals surface area contributed by atoms with Crippen LogP contribution in [-0.4, -0.2) is 59.1 Å². The monoisotopic (exact) mass is 398 g/mol. The highest BCUT2D eigenvalue weighted by molar-refractivity contribution is 5.84. The molecule has 4 rings (SSSR count). The summed E-state index contributed by atoms with van der Waals surface area (Å²) in [6.45, 7) is 1.57. The van der Waals surface area contributed by atoms with Crippen molar-refractivity contribution < 1.29 is 14.3 Å². The highest BCUT2D eigenvalue weighted by Gasteiger charge is 2.32. The third-order valence-electron chi connectivity index (χ3n) is 6.35. The molecule has 156 valence electrons. The normalized spacial score (nSPS) is 25.3. The first-order valence-electron chi connectivity index (χ1n) is 10.6. The van der Waals surface area contributed by atoms with Gasteiger partial charge in [-0.1, -0.05) is 0 Å². The van der Waals surface area contributed by atoms with Crippen molar-refractivity contribution in [3.63, 3.8) is 0 Å². The Bertz CT molecular complexity index is 857. The molecule has 0 aromatic carbocycles. The molecule has 0 bridgehead atoms. The number of fused-ring (bicyclic) bond motifs is 1. The van der Waals surface area contributed by atoms with Crippen molar-refractivity contribution in [3.8, 4) is 0 Å². The van der Waals surface area contributed by atoms with Crippen LogP contribution in [0.2, 0.25) is 0 Å². The molecule has 1 unspecified atom stereocenters. The van der Waals surface area contributed by atoms with Gasteiger partial charge in [0.25, 0.3) is 0 Å². The van der Waals surface area contributed by atoms with Gasteiger partial charge in [0.15, 0.2) is 0 Å². The molecule has 1 saturated heterocycles. The fraction of sp³-hybridized carbons (Fsp3) is 0.591. The van der Waals surface area contributed by atoms with Crippen molar-refractivity contribution >= 4 is 22.8 Å². The molecule has 1 saturated carbocycles. The topological polar surface area (TPSA) is 76.5 Å². The number of carbonyl (C=O) groups is 2. The van der Waals surface area contributed by atoms with Crippen molar-refractivity contribution in [2.45, 2.75) is 50.6 Å². The summed E-state index contributed by atoms with van der Waals surface area (Å²) in [5.74, 6) is 0.107. The van der Waals surface area contributed by atoms with Crippen molar-refractivity contribution in [1.29, 1.82) is 0 Å². The van der Waals surface area contributed by atoms with Crippen LogP contribution in [0.25, 0.3) is 11.0 Å². The molecule has 0 radical (unpaired) electrons. The van der Waals surface area contributed by atoms with Gasteiger partial charge >= 0.3 is 0 Å². The fourth-order valence-electron chi connectivity index (χ4n) is 4.64. The van der Waals surface area contributed by atoms with Gasteiger partial charge in [-0.05, 0) is 50.3 Å².